The van der Waals surface area contributed by atoms with E-state index in [1.54, 1.807) is 30.3 Å². The van der Waals surface area contributed by atoms with Crippen molar-refractivity contribution in [2.24, 2.45) is 11.7 Å². The van der Waals surface area contributed by atoms with Crippen LogP contribution < -0.4 is 20.1 Å². The van der Waals surface area contributed by atoms with Crippen LogP contribution in [0.1, 0.15) is 11.7 Å². The van der Waals surface area contributed by atoms with Gasteiger partial charge < -0.3 is 19.6 Å². The second-order valence-electron chi connectivity index (χ2n) is 6.50. The van der Waals surface area contributed by atoms with Crippen LogP contribution >= 0.6 is 11.8 Å². The normalized spacial score (nSPS) is 23.8. The van der Waals surface area contributed by atoms with E-state index in [2.05, 4.69) is 6.07 Å². The molecule has 1 aromatic carbocycles. The molecule has 0 saturated carbocycles. The Hall–Kier alpha value is -3.38. The third kappa shape index (κ3) is 2.84. The van der Waals surface area contributed by atoms with Crippen molar-refractivity contribution < 1.29 is 23.5 Å². The molecule has 8 nitrogen and oxygen atoms in total. The van der Waals surface area contributed by atoms with Gasteiger partial charge in [-0.2, -0.15) is 5.26 Å². The van der Waals surface area contributed by atoms with Crippen molar-refractivity contribution in [1.29, 1.82) is 5.26 Å². The molecule has 4 rings (SSSR count). The fourth-order valence-electron chi connectivity index (χ4n) is 3.77. The number of hydrogen-bond acceptors (Lipinski definition) is 8. The van der Waals surface area contributed by atoms with Crippen molar-refractivity contribution in [3.05, 3.63) is 53.0 Å². The van der Waals surface area contributed by atoms with Gasteiger partial charge in [-0.1, -0.05) is 11.8 Å². The van der Waals surface area contributed by atoms with Crippen LogP contribution in [0.4, 0.5) is 5.69 Å². The molecule has 3 atom stereocenters. The Balaban J connectivity index is 1.80. The molecule has 0 spiro atoms. The number of amides is 2. The monoisotopic (exact) mass is 411 g/mol. The van der Waals surface area contributed by atoms with Crippen molar-refractivity contribution in [3.8, 4) is 17.6 Å². The SMILES string of the molecule is COc1ccc(N2C(=O)[C@@H]3[C@@H](SC(N)=C(C#N)[C@H]3c3ccco3)C2=O)cc1OC. The molecule has 1 aromatic heterocycles. The molecule has 29 heavy (non-hydrogen) atoms. The number of hydrogen-bond donors (Lipinski definition) is 1. The van der Waals surface area contributed by atoms with E-state index >= 15 is 0 Å². The van der Waals surface area contributed by atoms with Crippen LogP contribution in [0.25, 0.3) is 0 Å². The van der Waals surface area contributed by atoms with E-state index in [0.717, 1.165) is 16.7 Å². The minimum Gasteiger partial charge on any atom is -0.493 e. The first-order chi connectivity index (χ1) is 14.0. The van der Waals surface area contributed by atoms with Crippen molar-refractivity contribution in [3.63, 3.8) is 0 Å². The second-order valence-corrected chi connectivity index (χ2v) is 7.68. The van der Waals surface area contributed by atoms with Gasteiger partial charge in [-0.05, 0) is 24.3 Å². The molecule has 2 aliphatic heterocycles. The lowest BCUT2D eigenvalue weighted by atomic mass is 9.82. The lowest BCUT2D eigenvalue weighted by Crippen LogP contribution is -2.33. The first-order valence-electron chi connectivity index (χ1n) is 8.71. The molecule has 2 N–H and O–H groups in total. The summed E-state index contributed by atoms with van der Waals surface area (Å²) >= 11 is 1.04. The maximum Gasteiger partial charge on any atom is 0.248 e. The number of nitrogens with zero attached hydrogens (tertiary/aromatic N) is 2. The predicted molar refractivity (Wildman–Crippen MR) is 105 cm³/mol. The number of fused-ring (bicyclic) bond motifs is 1. The number of methoxy groups -OCH3 is 2. The van der Waals surface area contributed by atoms with Crippen LogP contribution in [-0.2, 0) is 9.59 Å². The largest absolute Gasteiger partial charge is 0.493 e. The Morgan fingerprint density at radius 1 is 1.17 bits per heavy atom. The highest BCUT2D eigenvalue weighted by atomic mass is 32.2. The highest BCUT2D eigenvalue weighted by Gasteiger charge is 2.56. The average molecular weight is 411 g/mol. The van der Waals surface area contributed by atoms with E-state index in [-0.39, 0.29) is 10.6 Å². The molecule has 0 bridgehead atoms. The summed E-state index contributed by atoms with van der Waals surface area (Å²) < 4.78 is 16.0. The minimum absolute atomic E-state index is 0.227. The molecule has 0 aliphatic carbocycles. The summed E-state index contributed by atoms with van der Waals surface area (Å²) in [6.07, 6.45) is 1.46. The molecule has 2 aliphatic rings. The van der Waals surface area contributed by atoms with E-state index in [0.29, 0.717) is 22.9 Å². The quantitative estimate of drug-likeness (QED) is 0.762. The number of thioether (sulfide) groups is 1. The summed E-state index contributed by atoms with van der Waals surface area (Å²) in [5.41, 5.74) is 6.68. The minimum atomic E-state index is -0.798. The number of carbonyl (C=O) groups is 2. The summed E-state index contributed by atoms with van der Waals surface area (Å²) in [5.74, 6) is -1.03. The van der Waals surface area contributed by atoms with E-state index in [9.17, 15) is 14.9 Å². The zero-order chi connectivity index (χ0) is 20.7. The third-order valence-electron chi connectivity index (χ3n) is 5.08. The first kappa shape index (κ1) is 19.0. The molecule has 2 aromatic rings. The number of benzene rings is 1. The van der Waals surface area contributed by atoms with Crippen LogP contribution in [0, 0.1) is 17.2 Å². The number of nitriles is 1. The van der Waals surface area contributed by atoms with Crippen LogP contribution in [-0.4, -0.2) is 31.3 Å². The average Bonchev–Trinajstić information content (AvgIpc) is 3.34. The Kier molecular flexibility index (Phi) is 4.72. The van der Waals surface area contributed by atoms with Gasteiger partial charge in [0, 0.05) is 6.07 Å². The summed E-state index contributed by atoms with van der Waals surface area (Å²) in [5, 5.41) is 9.11. The van der Waals surface area contributed by atoms with Crippen molar-refractivity contribution in [2.75, 3.05) is 19.1 Å². The molecule has 3 heterocycles. The Labute approximate surface area is 170 Å². The maximum absolute atomic E-state index is 13.4. The van der Waals surface area contributed by atoms with Crippen LogP contribution in [0.2, 0.25) is 0 Å². The van der Waals surface area contributed by atoms with E-state index in [4.69, 9.17) is 19.6 Å². The Morgan fingerprint density at radius 2 is 1.93 bits per heavy atom. The summed E-state index contributed by atoms with van der Waals surface area (Å²) in [4.78, 5) is 27.7. The smallest absolute Gasteiger partial charge is 0.248 e. The van der Waals surface area contributed by atoms with Crippen molar-refractivity contribution >= 4 is 29.3 Å². The molecule has 9 heteroatoms. The molecule has 0 unspecified atom stereocenters. The highest BCUT2D eigenvalue weighted by Crippen LogP contribution is 2.51. The highest BCUT2D eigenvalue weighted by molar-refractivity contribution is 8.04. The number of imide groups is 1. The van der Waals surface area contributed by atoms with Crippen molar-refractivity contribution in [1.82, 2.24) is 0 Å². The zero-order valence-corrected chi connectivity index (χ0v) is 16.4. The van der Waals surface area contributed by atoms with Gasteiger partial charge in [0.05, 0.1) is 54.7 Å². The summed E-state index contributed by atoms with van der Waals surface area (Å²) in [7, 11) is 2.97. The lowest BCUT2D eigenvalue weighted by molar-refractivity contribution is -0.122. The van der Waals surface area contributed by atoms with Crippen molar-refractivity contribution in [2.45, 2.75) is 11.2 Å². The molecule has 0 radical (unpaired) electrons. The molecule has 2 amide bonds. The Morgan fingerprint density at radius 3 is 2.55 bits per heavy atom. The number of rotatable bonds is 4. The van der Waals surface area contributed by atoms with Gasteiger partial charge in [0.25, 0.3) is 0 Å². The second kappa shape index (κ2) is 7.22. The summed E-state index contributed by atoms with van der Waals surface area (Å²) in [6.45, 7) is 0. The van der Waals surface area contributed by atoms with Crippen LogP contribution in [0.3, 0.4) is 0 Å². The fourth-order valence-corrected chi connectivity index (χ4v) is 4.97. The molecular formula is C20H17N3O5S. The van der Waals surface area contributed by atoms with Gasteiger partial charge in [-0.3, -0.25) is 9.59 Å². The molecule has 148 valence electrons. The molecule has 1 saturated heterocycles. The zero-order valence-electron chi connectivity index (χ0n) is 15.6. The number of furan rings is 1. The number of carbonyl (C=O) groups excluding carboxylic acids is 2. The van der Waals surface area contributed by atoms with Gasteiger partial charge >= 0.3 is 0 Å². The summed E-state index contributed by atoms with van der Waals surface area (Å²) in [6, 6.07) is 10.2. The van der Waals surface area contributed by atoms with E-state index in [1.807, 2.05) is 0 Å². The van der Waals surface area contributed by atoms with Gasteiger partial charge in [0.15, 0.2) is 11.5 Å². The number of ether oxygens (including phenoxy) is 2. The molecular weight excluding hydrogens is 394 g/mol. The van der Waals surface area contributed by atoms with E-state index < -0.39 is 28.9 Å². The van der Waals surface area contributed by atoms with Gasteiger partial charge in [-0.15, -0.1) is 0 Å². The fraction of sp³-hybridized carbons (Fsp3) is 0.250. The lowest BCUT2D eigenvalue weighted by Gasteiger charge is -2.28. The third-order valence-corrected chi connectivity index (χ3v) is 6.30. The Bertz CT molecular complexity index is 1060. The first-order valence-corrected chi connectivity index (χ1v) is 9.59. The van der Waals surface area contributed by atoms with Gasteiger partial charge in [0.2, 0.25) is 11.8 Å². The van der Waals surface area contributed by atoms with Gasteiger partial charge in [0.1, 0.15) is 11.0 Å². The molecule has 1 fully saturated rings. The topological polar surface area (TPSA) is 119 Å². The maximum atomic E-state index is 13.4. The van der Waals surface area contributed by atoms with Gasteiger partial charge in [-0.25, -0.2) is 4.90 Å². The number of allylic oxidation sites excluding steroid dienone is 1. The predicted octanol–water partition coefficient (Wildman–Crippen LogP) is 2.38. The number of nitrogens with two attached hydrogens (primary N) is 1. The standard InChI is InChI=1S/C20H17N3O5S/c1-26-12-6-5-10(8-14(12)27-2)23-19(24)16-15(13-4-3-7-28-13)11(9-21)18(22)29-17(16)20(23)25/h3-8,15-17H,22H2,1-2H3/t15-,16-,17+/m0/s1. The van der Waals surface area contributed by atoms with Crippen LogP contribution in [0.15, 0.2) is 51.6 Å². The van der Waals surface area contributed by atoms with E-state index in [1.165, 1.54) is 20.5 Å². The number of anilines is 1. The van der Waals surface area contributed by atoms with Crippen LogP contribution in [0.5, 0.6) is 11.5 Å².